The number of nitro groups is 1. The summed E-state index contributed by atoms with van der Waals surface area (Å²) in [5, 5.41) is 10.5. The molecule has 2 amide bonds. The fourth-order valence-corrected chi connectivity index (χ4v) is 4.55. The first-order valence-corrected chi connectivity index (χ1v) is 11.6. The number of hydrogen-bond acceptors (Lipinski definition) is 6. The Kier molecular flexibility index (Phi) is 7.09. The van der Waals surface area contributed by atoms with Crippen LogP contribution in [0.1, 0.15) is 16.7 Å². The lowest BCUT2D eigenvalue weighted by molar-refractivity contribution is -0.384. The third-order valence-electron chi connectivity index (χ3n) is 4.90. The molecule has 172 valence electrons. The van der Waals surface area contributed by atoms with Gasteiger partial charge in [0.15, 0.2) is 0 Å². The molecule has 1 heterocycles. The van der Waals surface area contributed by atoms with E-state index >= 15 is 0 Å². The molecule has 0 radical (unpaired) electrons. The maximum atomic E-state index is 13.1. The standard InChI is InChI=1S/C24H16BrFN2O5S/c25-20-11-16(6-9-21(20)33-14-17-2-1-3-19(10-17)28(31)32)12-22-23(29)27(24(30)34-22)13-15-4-7-18(26)8-5-15/h1-12H,13-14H2. The van der Waals surface area contributed by atoms with E-state index < -0.39 is 16.1 Å². The largest absolute Gasteiger partial charge is 0.488 e. The van der Waals surface area contributed by atoms with Gasteiger partial charge < -0.3 is 4.74 Å². The lowest BCUT2D eigenvalue weighted by atomic mass is 10.2. The zero-order chi connectivity index (χ0) is 24.2. The number of thioether (sulfide) groups is 1. The monoisotopic (exact) mass is 542 g/mol. The summed E-state index contributed by atoms with van der Waals surface area (Å²) in [5.74, 6) is -0.282. The fourth-order valence-electron chi connectivity index (χ4n) is 3.20. The number of nitrogens with zero attached hydrogens (tertiary/aromatic N) is 2. The SMILES string of the molecule is O=C1SC(=Cc2ccc(OCc3cccc([N+](=O)[O-])c3)c(Br)c2)C(=O)N1Cc1ccc(F)cc1. The topological polar surface area (TPSA) is 89.7 Å². The van der Waals surface area contributed by atoms with E-state index in [9.17, 15) is 24.1 Å². The number of imide groups is 1. The summed E-state index contributed by atoms with van der Waals surface area (Å²) in [7, 11) is 0. The van der Waals surface area contributed by atoms with E-state index in [1.165, 1.54) is 36.4 Å². The van der Waals surface area contributed by atoms with Crippen LogP contribution in [0.2, 0.25) is 0 Å². The number of ether oxygens (including phenoxy) is 1. The number of rotatable bonds is 7. The summed E-state index contributed by atoms with van der Waals surface area (Å²) < 4.78 is 19.5. The molecule has 1 aliphatic rings. The summed E-state index contributed by atoms with van der Waals surface area (Å²) in [5.41, 5.74) is 1.98. The summed E-state index contributed by atoms with van der Waals surface area (Å²) in [6.45, 7) is 0.207. The molecule has 3 aromatic carbocycles. The minimum atomic E-state index is -0.463. The second-order valence-corrected chi connectivity index (χ2v) is 9.15. The number of carbonyl (C=O) groups excluding carboxylic acids is 2. The number of hydrogen-bond donors (Lipinski definition) is 0. The van der Waals surface area contributed by atoms with Gasteiger partial charge in [0.25, 0.3) is 16.8 Å². The van der Waals surface area contributed by atoms with E-state index in [1.807, 2.05) is 0 Å². The van der Waals surface area contributed by atoms with Gasteiger partial charge in [-0.2, -0.15) is 0 Å². The van der Waals surface area contributed by atoms with Crippen LogP contribution in [-0.4, -0.2) is 21.0 Å². The summed E-state index contributed by atoms with van der Waals surface area (Å²) in [6.07, 6.45) is 1.62. The molecule has 1 fully saturated rings. The summed E-state index contributed by atoms with van der Waals surface area (Å²) in [4.78, 5) is 36.9. The molecular formula is C24H16BrFN2O5S. The maximum Gasteiger partial charge on any atom is 0.293 e. The van der Waals surface area contributed by atoms with Gasteiger partial charge in [-0.05, 0) is 74.7 Å². The third-order valence-corrected chi connectivity index (χ3v) is 6.42. The molecule has 0 aliphatic carbocycles. The highest BCUT2D eigenvalue weighted by Crippen LogP contribution is 2.35. The predicted octanol–water partition coefficient (Wildman–Crippen LogP) is 6.31. The van der Waals surface area contributed by atoms with Crippen LogP contribution >= 0.6 is 27.7 Å². The van der Waals surface area contributed by atoms with Crippen LogP contribution in [0, 0.1) is 15.9 Å². The van der Waals surface area contributed by atoms with E-state index in [0.717, 1.165) is 16.7 Å². The van der Waals surface area contributed by atoms with Crippen molar-refractivity contribution in [3.05, 3.63) is 109 Å². The second-order valence-electron chi connectivity index (χ2n) is 7.30. The Morgan fingerprint density at radius 1 is 1.06 bits per heavy atom. The Morgan fingerprint density at radius 3 is 2.53 bits per heavy atom. The molecule has 1 aliphatic heterocycles. The molecule has 0 N–H and O–H groups in total. The zero-order valence-electron chi connectivity index (χ0n) is 17.4. The molecule has 0 unspecified atom stereocenters. The van der Waals surface area contributed by atoms with Gasteiger partial charge in [0, 0.05) is 12.1 Å². The number of halogens is 2. The molecule has 34 heavy (non-hydrogen) atoms. The molecule has 0 spiro atoms. The fraction of sp³-hybridized carbons (Fsp3) is 0.0833. The second kappa shape index (κ2) is 10.2. The van der Waals surface area contributed by atoms with Crippen molar-refractivity contribution in [3.8, 4) is 5.75 Å². The number of amides is 2. The quantitative estimate of drug-likeness (QED) is 0.197. The minimum absolute atomic E-state index is 0.0103. The Bertz CT molecular complexity index is 1310. The number of non-ortho nitro benzene ring substituents is 1. The molecule has 0 aromatic heterocycles. The molecular weight excluding hydrogens is 527 g/mol. The molecule has 0 atom stereocenters. The van der Waals surface area contributed by atoms with Crippen LogP contribution in [-0.2, 0) is 17.9 Å². The van der Waals surface area contributed by atoms with Crippen LogP contribution in [0.25, 0.3) is 6.08 Å². The smallest absolute Gasteiger partial charge is 0.293 e. The first-order chi connectivity index (χ1) is 16.3. The Balaban J connectivity index is 1.44. The zero-order valence-corrected chi connectivity index (χ0v) is 19.8. The molecule has 4 rings (SSSR count). The highest BCUT2D eigenvalue weighted by Gasteiger charge is 2.35. The van der Waals surface area contributed by atoms with Crippen LogP contribution in [0.15, 0.2) is 76.1 Å². The maximum absolute atomic E-state index is 13.1. The van der Waals surface area contributed by atoms with Crippen molar-refractivity contribution in [1.29, 1.82) is 0 Å². The van der Waals surface area contributed by atoms with Crippen molar-refractivity contribution in [3.63, 3.8) is 0 Å². The van der Waals surface area contributed by atoms with Gasteiger partial charge in [0.05, 0.1) is 20.8 Å². The van der Waals surface area contributed by atoms with E-state index in [1.54, 1.807) is 36.4 Å². The molecule has 10 heteroatoms. The molecule has 0 saturated carbocycles. The average Bonchev–Trinajstić information content (AvgIpc) is 3.07. The van der Waals surface area contributed by atoms with Crippen molar-refractivity contribution in [2.45, 2.75) is 13.2 Å². The van der Waals surface area contributed by atoms with Crippen LogP contribution in [0.5, 0.6) is 5.75 Å². The van der Waals surface area contributed by atoms with Crippen LogP contribution in [0.4, 0.5) is 14.9 Å². The van der Waals surface area contributed by atoms with Gasteiger partial charge in [-0.15, -0.1) is 0 Å². The Hall–Kier alpha value is -3.50. The van der Waals surface area contributed by atoms with Crippen molar-refractivity contribution in [1.82, 2.24) is 4.90 Å². The average molecular weight is 543 g/mol. The lowest BCUT2D eigenvalue weighted by Gasteiger charge is -2.12. The molecule has 3 aromatic rings. The van der Waals surface area contributed by atoms with Gasteiger partial charge in [-0.1, -0.05) is 30.3 Å². The van der Waals surface area contributed by atoms with E-state index in [4.69, 9.17) is 4.74 Å². The van der Waals surface area contributed by atoms with Crippen molar-refractivity contribution < 1.29 is 23.6 Å². The normalized spacial score (nSPS) is 14.6. The first kappa shape index (κ1) is 23.7. The van der Waals surface area contributed by atoms with Crippen LogP contribution in [0.3, 0.4) is 0 Å². The van der Waals surface area contributed by atoms with Crippen molar-refractivity contribution >= 4 is 50.6 Å². The van der Waals surface area contributed by atoms with Crippen LogP contribution < -0.4 is 4.74 Å². The number of nitro benzene ring substituents is 1. The Labute approximate surface area is 206 Å². The first-order valence-electron chi connectivity index (χ1n) is 9.95. The Morgan fingerprint density at radius 2 is 1.82 bits per heavy atom. The molecule has 7 nitrogen and oxygen atoms in total. The molecule has 0 bridgehead atoms. The van der Waals surface area contributed by atoms with Gasteiger partial charge in [0.2, 0.25) is 0 Å². The summed E-state index contributed by atoms with van der Waals surface area (Å²) in [6, 6.07) is 17.0. The van der Waals surface area contributed by atoms with Gasteiger partial charge in [-0.3, -0.25) is 24.6 Å². The van der Waals surface area contributed by atoms with Crippen molar-refractivity contribution in [2.75, 3.05) is 0 Å². The van der Waals surface area contributed by atoms with Gasteiger partial charge >= 0.3 is 0 Å². The highest BCUT2D eigenvalue weighted by atomic mass is 79.9. The van der Waals surface area contributed by atoms with Gasteiger partial charge in [-0.25, -0.2) is 4.39 Å². The highest BCUT2D eigenvalue weighted by molar-refractivity contribution is 9.10. The van der Waals surface area contributed by atoms with Gasteiger partial charge in [0.1, 0.15) is 18.2 Å². The minimum Gasteiger partial charge on any atom is -0.488 e. The number of carbonyl (C=O) groups is 2. The van der Waals surface area contributed by atoms with Crippen molar-refractivity contribution in [2.24, 2.45) is 0 Å². The lowest BCUT2D eigenvalue weighted by Crippen LogP contribution is -2.27. The predicted molar refractivity (Wildman–Crippen MR) is 129 cm³/mol. The number of benzene rings is 3. The van der Waals surface area contributed by atoms with E-state index in [-0.39, 0.29) is 29.6 Å². The van der Waals surface area contributed by atoms with E-state index in [2.05, 4.69) is 15.9 Å². The molecule has 1 saturated heterocycles. The van der Waals surface area contributed by atoms with E-state index in [0.29, 0.717) is 26.9 Å². The summed E-state index contributed by atoms with van der Waals surface area (Å²) >= 11 is 4.28. The third kappa shape index (κ3) is 5.52.